The third-order valence-corrected chi connectivity index (χ3v) is 4.61. The molecule has 7 heteroatoms. The van der Waals surface area contributed by atoms with E-state index in [9.17, 15) is 9.59 Å². The summed E-state index contributed by atoms with van der Waals surface area (Å²) in [6.45, 7) is 6.45. The lowest BCUT2D eigenvalue weighted by Gasteiger charge is -2.36. The lowest BCUT2D eigenvalue weighted by Crippen LogP contribution is -2.46. The summed E-state index contributed by atoms with van der Waals surface area (Å²) in [6.07, 6.45) is 4.80. The van der Waals surface area contributed by atoms with Crippen molar-refractivity contribution in [3.8, 4) is 0 Å². The van der Waals surface area contributed by atoms with Crippen molar-refractivity contribution < 1.29 is 24.2 Å². The van der Waals surface area contributed by atoms with Gasteiger partial charge in [0.1, 0.15) is 0 Å². The van der Waals surface area contributed by atoms with Crippen molar-refractivity contribution >= 4 is 11.9 Å². The maximum atomic E-state index is 12.0. The molecule has 1 heterocycles. The molecule has 146 valence electrons. The smallest absolute Gasteiger partial charge is 0.305 e. The van der Waals surface area contributed by atoms with Crippen molar-refractivity contribution in [2.75, 3.05) is 53.1 Å². The fraction of sp³-hybridized carbons (Fsp3) is 0.889. The van der Waals surface area contributed by atoms with E-state index in [-0.39, 0.29) is 13.0 Å². The molecule has 0 radical (unpaired) electrons. The van der Waals surface area contributed by atoms with Gasteiger partial charge in [-0.1, -0.05) is 13.3 Å². The van der Waals surface area contributed by atoms with Crippen molar-refractivity contribution in [1.82, 2.24) is 9.80 Å². The summed E-state index contributed by atoms with van der Waals surface area (Å²) in [5, 5.41) is 8.49. The number of ether oxygens (including phenoxy) is 2. The first kappa shape index (κ1) is 21.9. The van der Waals surface area contributed by atoms with Crippen LogP contribution in [0.25, 0.3) is 0 Å². The number of nitrogens with zero attached hydrogens (tertiary/aromatic N) is 2. The molecule has 0 saturated carbocycles. The zero-order valence-corrected chi connectivity index (χ0v) is 15.7. The molecular formula is C18H34N2O5. The number of hydrogen-bond acceptors (Lipinski definition) is 5. The number of piperidine rings is 1. The van der Waals surface area contributed by atoms with Gasteiger partial charge < -0.3 is 24.4 Å². The fourth-order valence-corrected chi connectivity index (χ4v) is 2.91. The van der Waals surface area contributed by atoms with Gasteiger partial charge in [-0.25, -0.2) is 0 Å². The monoisotopic (exact) mass is 358 g/mol. The molecule has 1 aliphatic rings. The minimum absolute atomic E-state index is 0.0301. The Morgan fingerprint density at radius 1 is 1.08 bits per heavy atom. The normalized spacial score (nSPS) is 15.7. The van der Waals surface area contributed by atoms with Crippen LogP contribution in [0.4, 0.5) is 0 Å². The van der Waals surface area contributed by atoms with Gasteiger partial charge in [0.15, 0.2) is 0 Å². The molecule has 1 aliphatic heterocycles. The molecule has 1 amide bonds. The Morgan fingerprint density at radius 2 is 1.72 bits per heavy atom. The Bertz CT molecular complexity index is 384. The second-order valence-electron chi connectivity index (χ2n) is 6.56. The van der Waals surface area contributed by atoms with E-state index in [4.69, 9.17) is 14.6 Å². The van der Waals surface area contributed by atoms with Crippen molar-refractivity contribution in [1.29, 1.82) is 0 Å². The molecule has 0 unspecified atom stereocenters. The van der Waals surface area contributed by atoms with Crippen molar-refractivity contribution in [3.63, 3.8) is 0 Å². The number of likely N-dealkylation sites (tertiary alicyclic amines) is 1. The molecule has 7 nitrogen and oxygen atoms in total. The molecule has 0 aromatic rings. The zero-order valence-electron chi connectivity index (χ0n) is 15.7. The van der Waals surface area contributed by atoms with Gasteiger partial charge in [0.25, 0.3) is 0 Å². The molecule has 0 aliphatic carbocycles. The predicted molar refractivity (Wildman–Crippen MR) is 95.6 cm³/mol. The van der Waals surface area contributed by atoms with Crippen LogP contribution >= 0.6 is 0 Å². The maximum absolute atomic E-state index is 12.0. The number of unbranched alkanes of at least 4 members (excludes halogenated alkanes) is 1. The molecule has 0 spiro atoms. The first-order valence-corrected chi connectivity index (χ1v) is 9.39. The summed E-state index contributed by atoms with van der Waals surface area (Å²) in [6, 6.07) is 0.505. The van der Waals surface area contributed by atoms with Crippen LogP contribution < -0.4 is 0 Å². The maximum Gasteiger partial charge on any atom is 0.305 e. The minimum atomic E-state index is -0.847. The van der Waals surface area contributed by atoms with Gasteiger partial charge in [0.2, 0.25) is 5.91 Å². The van der Waals surface area contributed by atoms with Crippen LogP contribution in [0.3, 0.4) is 0 Å². The van der Waals surface area contributed by atoms with Gasteiger partial charge in [0.05, 0.1) is 32.8 Å². The highest BCUT2D eigenvalue weighted by molar-refractivity contribution is 5.76. The molecule has 1 rings (SSSR count). The molecule has 0 aromatic carbocycles. The molecular weight excluding hydrogens is 324 g/mol. The van der Waals surface area contributed by atoms with Crippen molar-refractivity contribution in [2.45, 2.75) is 51.5 Å². The Balaban J connectivity index is 2.04. The van der Waals surface area contributed by atoms with Crippen LogP contribution in [0.2, 0.25) is 0 Å². The molecule has 0 bridgehead atoms. The Hall–Kier alpha value is -1.18. The van der Waals surface area contributed by atoms with E-state index in [1.165, 1.54) is 0 Å². The van der Waals surface area contributed by atoms with Gasteiger partial charge in [-0.15, -0.1) is 0 Å². The topological polar surface area (TPSA) is 79.3 Å². The lowest BCUT2D eigenvalue weighted by atomic mass is 10.0. The minimum Gasteiger partial charge on any atom is -0.481 e. The van der Waals surface area contributed by atoms with Gasteiger partial charge >= 0.3 is 5.97 Å². The number of carbonyl (C=O) groups excluding carboxylic acids is 1. The predicted octanol–water partition coefficient (Wildman–Crippen LogP) is 1.61. The SMILES string of the molecule is CCCCC(=O)N1CCC(N(C)CCOCCOCCC(=O)O)CC1. The number of likely N-dealkylation sites (N-methyl/N-ethyl adjacent to an activating group) is 1. The third-order valence-electron chi connectivity index (χ3n) is 4.61. The summed E-state index contributed by atoms with van der Waals surface area (Å²) in [4.78, 5) is 26.7. The van der Waals surface area contributed by atoms with E-state index < -0.39 is 5.97 Å². The number of aliphatic carboxylic acids is 1. The quantitative estimate of drug-likeness (QED) is 0.504. The lowest BCUT2D eigenvalue weighted by molar-refractivity contribution is -0.138. The number of amides is 1. The summed E-state index contributed by atoms with van der Waals surface area (Å²) in [7, 11) is 2.10. The number of carboxylic acid groups (broad SMARTS) is 1. The van der Waals surface area contributed by atoms with Gasteiger partial charge in [-0.05, 0) is 26.3 Å². The summed E-state index contributed by atoms with van der Waals surface area (Å²) >= 11 is 0. The fourth-order valence-electron chi connectivity index (χ4n) is 2.91. The standard InChI is InChI=1S/C18H34N2O5/c1-3-4-5-17(21)20-9-6-16(7-10-20)19(2)11-13-25-15-14-24-12-8-18(22)23/h16H,3-15H2,1-2H3,(H,22,23). The third kappa shape index (κ3) is 9.77. The van der Waals surface area contributed by atoms with Crippen molar-refractivity contribution in [2.24, 2.45) is 0 Å². The summed E-state index contributed by atoms with van der Waals surface area (Å²) in [5.74, 6) is -0.546. The Labute approximate surface area is 151 Å². The van der Waals surface area contributed by atoms with E-state index in [0.29, 0.717) is 38.2 Å². The highest BCUT2D eigenvalue weighted by atomic mass is 16.5. The van der Waals surface area contributed by atoms with Gasteiger partial charge in [-0.2, -0.15) is 0 Å². The average Bonchev–Trinajstić information content (AvgIpc) is 2.61. The highest BCUT2D eigenvalue weighted by Crippen LogP contribution is 2.16. The molecule has 1 fully saturated rings. The van der Waals surface area contributed by atoms with Crippen LogP contribution in [0.5, 0.6) is 0 Å². The van der Waals surface area contributed by atoms with Crippen LogP contribution in [0.1, 0.15) is 45.4 Å². The summed E-state index contributed by atoms with van der Waals surface area (Å²) < 4.78 is 10.7. The first-order valence-electron chi connectivity index (χ1n) is 9.39. The Morgan fingerprint density at radius 3 is 2.32 bits per heavy atom. The van der Waals surface area contributed by atoms with E-state index in [1.54, 1.807) is 0 Å². The molecule has 1 N–H and O–H groups in total. The van der Waals surface area contributed by atoms with Crippen molar-refractivity contribution in [3.05, 3.63) is 0 Å². The second-order valence-corrected chi connectivity index (χ2v) is 6.56. The van der Waals surface area contributed by atoms with Crippen LogP contribution in [0.15, 0.2) is 0 Å². The van der Waals surface area contributed by atoms with E-state index in [1.807, 2.05) is 4.90 Å². The van der Waals surface area contributed by atoms with Gasteiger partial charge in [0, 0.05) is 32.1 Å². The van der Waals surface area contributed by atoms with E-state index in [2.05, 4.69) is 18.9 Å². The van der Waals surface area contributed by atoms with Crippen LogP contribution in [-0.2, 0) is 19.1 Å². The number of hydrogen-bond donors (Lipinski definition) is 1. The van der Waals surface area contributed by atoms with E-state index in [0.717, 1.165) is 45.3 Å². The molecule has 0 aromatic heterocycles. The number of rotatable bonds is 13. The second kappa shape index (κ2) is 13.1. The zero-order chi connectivity index (χ0) is 18.5. The summed E-state index contributed by atoms with van der Waals surface area (Å²) in [5.41, 5.74) is 0. The number of carbonyl (C=O) groups is 2. The highest BCUT2D eigenvalue weighted by Gasteiger charge is 2.24. The molecule has 1 saturated heterocycles. The first-order chi connectivity index (χ1) is 12.0. The van der Waals surface area contributed by atoms with Crippen LogP contribution in [-0.4, -0.2) is 85.9 Å². The average molecular weight is 358 g/mol. The Kier molecular flexibility index (Phi) is 11.4. The van der Waals surface area contributed by atoms with Gasteiger partial charge in [-0.3, -0.25) is 9.59 Å². The largest absolute Gasteiger partial charge is 0.481 e. The number of carboxylic acids is 1. The van der Waals surface area contributed by atoms with E-state index >= 15 is 0 Å². The van der Waals surface area contributed by atoms with Crippen LogP contribution in [0, 0.1) is 0 Å². The molecule has 25 heavy (non-hydrogen) atoms. The molecule has 0 atom stereocenters.